The lowest BCUT2D eigenvalue weighted by molar-refractivity contribution is -0.384. The number of rotatable bonds is 4. The van der Waals surface area contributed by atoms with Crippen LogP contribution in [0.2, 0.25) is 0 Å². The third-order valence-electron chi connectivity index (χ3n) is 2.49. The summed E-state index contributed by atoms with van der Waals surface area (Å²) in [7, 11) is -4.13. The second-order valence-corrected chi connectivity index (χ2v) is 5.48. The minimum absolute atomic E-state index is 0.0375. The predicted molar refractivity (Wildman–Crippen MR) is 71.0 cm³/mol. The summed E-state index contributed by atoms with van der Waals surface area (Å²) in [5.74, 6) is -0.569. The van der Waals surface area contributed by atoms with E-state index in [4.69, 9.17) is 4.55 Å². The van der Waals surface area contributed by atoms with Gasteiger partial charge in [-0.15, -0.1) is 0 Å². The zero-order chi connectivity index (χ0) is 14.8. The second kappa shape index (κ2) is 5.54. The van der Waals surface area contributed by atoms with Crippen molar-refractivity contribution >= 4 is 21.5 Å². The van der Waals surface area contributed by atoms with E-state index in [0.717, 1.165) is 0 Å². The Morgan fingerprint density at radius 3 is 2.55 bits per heavy atom. The number of hydrogen-bond acceptors (Lipinski definition) is 7. The molecule has 0 fully saturated rings. The lowest BCUT2D eigenvalue weighted by atomic mass is 10.3. The first-order chi connectivity index (χ1) is 9.35. The summed E-state index contributed by atoms with van der Waals surface area (Å²) >= 11 is 0. The van der Waals surface area contributed by atoms with Crippen molar-refractivity contribution in [3.63, 3.8) is 0 Å². The second-order valence-electron chi connectivity index (χ2n) is 4.06. The summed E-state index contributed by atoms with van der Waals surface area (Å²) in [6.07, 6.45) is 3.34. The normalized spacial score (nSPS) is 16.4. The molecule has 0 amide bonds. The molecule has 20 heavy (non-hydrogen) atoms. The number of hydrazine groups is 2. The van der Waals surface area contributed by atoms with Crippen molar-refractivity contribution in [1.82, 2.24) is 10.5 Å². The van der Waals surface area contributed by atoms with Crippen LogP contribution in [0, 0.1) is 10.1 Å². The molecule has 0 atom stereocenters. The number of benzene rings is 1. The Labute approximate surface area is 114 Å². The predicted octanol–water partition coefficient (Wildman–Crippen LogP) is 0.495. The maximum Gasteiger partial charge on any atom is 0.279 e. The van der Waals surface area contributed by atoms with Gasteiger partial charge in [-0.1, -0.05) is 6.08 Å². The van der Waals surface area contributed by atoms with Crippen molar-refractivity contribution in [3.05, 3.63) is 46.7 Å². The molecule has 2 rings (SSSR count). The number of hydrogen-bond donors (Lipinski definition) is 2. The zero-order valence-corrected chi connectivity index (χ0v) is 11.0. The molecular weight excluding hydrogens is 288 g/mol. The molecule has 0 saturated carbocycles. The number of nitrogens with one attached hydrogen (secondary N) is 1. The Morgan fingerprint density at radius 2 is 2.00 bits per heavy atom. The van der Waals surface area contributed by atoms with Gasteiger partial charge in [0.1, 0.15) is 5.88 Å². The van der Waals surface area contributed by atoms with E-state index in [-0.39, 0.29) is 5.69 Å². The molecule has 0 radical (unpaired) electrons. The van der Waals surface area contributed by atoms with Gasteiger partial charge in [-0.2, -0.15) is 14.0 Å². The van der Waals surface area contributed by atoms with E-state index in [9.17, 15) is 18.5 Å². The van der Waals surface area contributed by atoms with E-state index < -0.39 is 20.9 Å². The fourth-order valence-electron chi connectivity index (χ4n) is 1.66. The molecule has 9 nitrogen and oxygen atoms in total. The van der Waals surface area contributed by atoms with Crippen molar-refractivity contribution in [2.24, 2.45) is 0 Å². The van der Waals surface area contributed by atoms with Gasteiger partial charge in [0.25, 0.3) is 15.8 Å². The fourth-order valence-corrected chi connectivity index (χ4v) is 2.22. The maximum atomic E-state index is 10.8. The molecular formula is C10H12N4O5S. The van der Waals surface area contributed by atoms with Crippen LogP contribution in [-0.4, -0.2) is 35.3 Å². The highest BCUT2D eigenvalue weighted by Crippen LogP contribution is 2.19. The molecule has 0 unspecified atom stereocenters. The van der Waals surface area contributed by atoms with Gasteiger partial charge in [0.15, 0.2) is 0 Å². The third-order valence-corrected chi connectivity index (χ3v) is 3.13. The molecule has 1 aliphatic rings. The van der Waals surface area contributed by atoms with Crippen LogP contribution in [0.3, 0.4) is 0 Å². The summed E-state index contributed by atoms with van der Waals surface area (Å²) in [6, 6.07) is 5.72. The highest BCUT2D eigenvalue weighted by atomic mass is 32.2. The first-order valence-corrected chi connectivity index (χ1v) is 7.13. The van der Waals surface area contributed by atoms with Gasteiger partial charge >= 0.3 is 0 Å². The molecule has 1 heterocycles. The molecule has 1 aromatic rings. The van der Waals surface area contributed by atoms with E-state index in [1.54, 1.807) is 12.3 Å². The van der Waals surface area contributed by atoms with Gasteiger partial charge in [0, 0.05) is 24.9 Å². The lowest BCUT2D eigenvalue weighted by Crippen LogP contribution is -2.52. The minimum Gasteiger partial charge on any atom is -0.285 e. The molecule has 0 bridgehead atoms. The molecule has 0 aliphatic carbocycles. The van der Waals surface area contributed by atoms with Crippen LogP contribution < -0.4 is 10.5 Å². The van der Waals surface area contributed by atoms with Crippen molar-refractivity contribution in [2.75, 3.05) is 17.4 Å². The quantitative estimate of drug-likeness (QED) is 0.469. The van der Waals surface area contributed by atoms with Gasteiger partial charge in [0.2, 0.25) is 0 Å². The summed E-state index contributed by atoms with van der Waals surface area (Å²) in [6.45, 7) is 0.295. The van der Waals surface area contributed by atoms with Gasteiger partial charge in [0.05, 0.1) is 10.6 Å². The Balaban J connectivity index is 2.11. The molecule has 2 N–H and O–H groups in total. The molecule has 1 aliphatic heterocycles. The van der Waals surface area contributed by atoms with E-state index in [1.807, 2.05) is 0 Å². The monoisotopic (exact) mass is 300 g/mol. The average Bonchev–Trinajstić information content (AvgIpc) is 2.37. The Hall–Kier alpha value is -2.01. The lowest BCUT2D eigenvalue weighted by Gasteiger charge is -2.32. The number of anilines is 1. The Kier molecular flexibility index (Phi) is 3.99. The number of nitro groups is 1. The van der Waals surface area contributed by atoms with E-state index in [0.29, 0.717) is 12.2 Å². The number of nitro benzene ring substituents is 1. The van der Waals surface area contributed by atoms with Crippen molar-refractivity contribution in [2.45, 2.75) is 0 Å². The topological polar surface area (TPSA) is 116 Å². The van der Waals surface area contributed by atoms with Gasteiger partial charge in [-0.25, -0.2) is 5.01 Å². The summed E-state index contributed by atoms with van der Waals surface area (Å²) in [5, 5.41) is 13.3. The van der Waals surface area contributed by atoms with Crippen LogP contribution in [0.1, 0.15) is 0 Å². The molecule has 10 heteroatoms. The Morgan fingerprint density at radius 1 is 1.35 bits per heavy atom. The first-order valence-electron chi connectivity index (χ1n) is 5.52. The zero-order valence-electron chi connectivity index (χ0n) is 10.2. The van der Waals surface area contributed by atoms with Crippen molar-refractivity contribution in [3.8, 4) is 0 Å². The van der Waals surface area contributed by atoms with Crippen LogP contribution in [0.25, 0.3) is 0 Å². The van der Waals surface area contributed by atoms with E-state index >= 15 is 0 Å². The Bertz CT molecular complexity index is 628. The first kappa shape index (κ1) is 14.4. The van der Waals surface area contributed by atoms with Gasteiger partial charge < -0.3 is 0 Å². The smallest absolute Gasteiger partial charge is 0.279 e. The summed E-state index contributed by atoms with van der Waals surface area (Å²) in [5.41, 5.74) is 3.30. The van der Waals surface area contributed by atoms with E-state index in [1.165, 1.54) is 34.3 Å². The molecule has 1 aromatic carbocycles. The van der Waals surface area contributed by atoms with Crippen molar-refractivity contribution in [1.29, 1.82) is 0 Å². The molecule has 0 saturated heterocycles. The number of non-ortho nitro benzene ring substituents is 1. The molecule has 108 valence electrons. The fraction of sp³-hybridized carbons (Fsp3) is 0.200. The van der Waals surface area contributed by atoms with Gasteiger partial charge in [-0.05, 0) is 12.1 Å². The highest BCUT2D eigenvalue weighted by Gasteiger charge is 2.18. The largest absolute Gasteiger partial charge is 0.285 e. The average molecular weight is 300 g/mol. The third kappa shape index (κ3) is 3.74. The number of nitrogens with zero attached hydrogens (tertiary/aromatic N) is 3. The van der Waals surface area contributed by atoms with Crippen LogP contribution in [0.4, 0.5) is 11.4 Å². The minimum atomic E-state index is -4.13. The highest BCUT2D eigenvalue weighted by molar-refractivity contribution is 7.85. The SMILES string of the molecule is O=[N+]([O-])c1ccc(N2C=CCN(CS(=O)(=O)O)N2)cc1. The van der Waals surface area contributed by atoms with E-state index in [2.05, 4.69) is 5.53 Å². The summed E-state index contributed by atoms with van der Waals surface area (Å²) in [4.78, 5) is 10.1. The molecule has 0 aromatic heterocycles. The van der Waals surface area contributed by atoms with Gasteiger partial charge in [-0.3, -0.25) is 19.7 Å². The van der Waals surface area contributed by atoms with Crippen LogP contribution >= 0.6 is 0 Å². The van der Waals surface area contributed by atoms with Crippen molar-refractivity contribution < 1.29 is 17.9 Å². The van der Waals surface area contributed by atoms with Crippen LogP contribution in [-0.2, 0) is 10.1 Å². The van der Waals surface area contributed by atoms with Crippen LogP contribution in [0.15, 0.2) is 36.5 Å². The van der Waals surface area contributed by atoms with Crippen LogP contribution in [0.5, 0.6) is 0 Å². The maximum absolute atomic E-state index is 10.8. The standard InChI is InChI=1S/C10H12N4O5S/c15-14(16)10-4-2-9(3-5-10)13-7-1-6-12(11-13)8-20(17,18)19/h1-5,7,11H,6,8H2,(H,17,18,19). The molecule has 0 spiro atoms. The summed E-state index contributed by atoms with van der Waals surface area (Å²) < 4.78 is 30.4.